The standard InChI is InChI=1S/C15H15NO4/c1-2-19-15(18)16(12-6-4-3-5-7-12)20-14-10-8-13(17)9-11-14/h3-11,17H,2H2,1H3. The molecule has 2 aromatic carbocycles. The topological polar surface area (TPSA) is 59.0 Å². The summed E-state index contributed by atoms with van der Waals surface area (Å²) in [5.74, 6) is 0.541. The van der Waals surface area contributed by atoms with Crippen LogP contribution in [0.25, 0.3) is 0 Å². The number of ether oxygens (including phenoxy) is 1. The number of phenols is 1. The van der Waals surface area contributed by atoms with Crippen molar-refractivity contribution in [3.63, 3.8) is 0 Å². The van der Waals surface area contributed by atoms with Gasteiger partial charge in [-0.2, -0.15) is 0 Å². The lowest BCUT2D eigenvalue weighted by atomic mass is 10.3. The highest BCUT2D eigenvalue weighted by Crippen LogP contribution is 2.21. The molecule has 0 aliphatic heterocycles. The molecule has 0 aliphatic carbocycles. The van der Waals surface area contributed by atoms with Crippen molar-refractivity contribution in [1.82, 2.24) is 0 Å². The third-order valence-electron chi connectivity index (χ3n) is 2.46. The maximum Gasteiger partial charge on any atom is 0.448 e. The van der Waals surface area contributed by atoms with Gasteiger partial charge in [0.1, 0.15) is 5.75 Å². The van der Waals surface area contributed by atoms with Crippen LogP contribution in [-0.4, -0.2) is 17.8 Å². The SMILES string of the molecule is CCOC(=O)N(Oc1ccc(O)cc1)c1ccccc1. The molecule has 1 amide bonds. The molecule has 0 unspecified atom stereocenters. The van der Waals surface area contributed by atoms with Gasteiger partial charge in [0.15, 0.2) is 5.75 Å². The number of hydrogen-bond acceptors (Lipinski definition) is 4. The monoisotopic (exact) mass is 273 g/mol. The van der Waals surface area contributed by atoms with Crippen LogP contribution in [0.2, 0.25) is 0 Å². The Balaban J connectivity index is 2.23. The summed E-state index contributed by atoms with van der Waals surface area (Å²) in [6.07, 6.45) is -0.605. The smallest absolute Gasteiger partial charge is 0.448 e. The van der Waals surface area contributed by atoms with Crippen LogP contribution < -0.4 is 9.90 Å². The van der Waals surface area contributed by atoms with E-state index in [-0.39, 0.29) is 12.4 Å². The zero-order chi connectivity index (χ0) is 14.4. The number of aromatic hydroxyl groups is 1. The first-order chi connectivity index (χ1) is 9.70. The minimum Gasteiger partial charge on any atom is -0.508 e. The van der Waals surface area contributed by atoms with Crippen molar-refractivity contribution < 1.29 is 19.5 Å². The van der Waals surface area contributed by atoms with Crippen LogP contribution in [0.4, 0.5) is 10.5 Å². The fourth-order valence-corrected chi connectivity index (χ4v) is 1.55. The average molecular weight is 273 g/mol. The van der Waals surface area contributed by atoms with E-state index >= 15 is 0 Å². The lowest BCUT2D eigenvalue weighted by molar-refractivity contribution is 0.131. The summed E-state index contributed by atoms with van der Waals surface area (Å²) >= 11 is 0. The van der Waals surface area contributed by atoms with Crippen molar-refractivity contribution in [2.24, 2.45) is 0 Å². The maximum absolute atomic E-state index is 11.9. The van der Waals surface area contributed by atoms with Gasteiger partial charge < -0.3 is 14.7 Å². The second-order valence-corrected chi connectivity index (χ2v) is 3.91. The highest BCUT2D eigenvalue weighted by molar-refractivity contribution is 5.85. The number of nitrogens with zero attached hydrogens (tertiary/aromatic N) is 1. The van der Waals surface area contributed by atoms with Crippen LogP contribution >= 0.6 is 0 Å². The summed E-state index contributed by atoms with van der Waals surface area (Å²) in [5.41, 5.74) is 0.555. The number of para-hydroxylation sites is 1. The molecule has 20 heavy (non-hydrogen) atoms. The summed E-state index contributed by atoms with van der Waals surface area (Å²) in [5, 5.41) is 10.3. The van der Waals surface area contributed by atoms with E-state index < -0.39 is 6.09 Å². The molecule has 0 saturated heterocycles. The van der Waals surface area contributed by atoms with Crippen molar-refractivity contribution in [3.05, 3.63) is 54.6 Å². The molecule has 5 nitrogen and oxygen atoms in total. The fraction of sp³-hybridized carbons (Fsp3) is 0.133. The Kier molecular flexibility index (Phi) is 4.44. The van der Waals surface area contributed by atoms with Crippen molar-refractivity contribution in [2.45, 2.75) is 6.92 Å². The highest BCUT2D eigenvalue weighted by Gasteiger charge is 2.19. The van der Waals surface area contributed by atoms with E-state index in [0.29, 0.717) is 11.4 Å². The molecule has 0 saturated carbocycles. The van der Waals surface area contributed by atoms with Crippen LogP contribution in [-0.2, 0) is 4.74 Å². The van der Waals surface area contributed by atoms with E-state index in [9.17, 15) is 9.90 Å². The number of carbonyl (C=O) groups is 1. The average Bonchev–Trinajstić information content (AvgIpc) is 2.48. The molecule has 1 N–H and O–H groups in total. The largest absolute Gasteiger partial charge is 0.508 e. The van der Waals surface area contributed by atoms with Crippen LogP contribution in [0.3, 0.4) is 0 Å². The Morgan fingerprint density at radius 1 is 1.10 bits per heavy atom. The Morgan fingerprint density at radius 3 is 2.35 bits per heavy atom. The van der Waals surface area contributed by atoms with E-state index in [1.54, 1.807) is 43.3 Å². The minimum atomic E-state index is -0.605. The molecule has 0 fully saturated rings. The summed E-state index contributed by atoms with van der Waals surface area (Å²) < 4.78 is 4.97. The summed E-state index contributed by atoms with van der Waals surface area (Å²) in [4.78, 5) is 17.5. The first-order valence-corrected chi connectivity index (χ1v) is 6.19. The number of amides is 1. The minimum absolute atomic E-state index is 0.125. The van der Waals surface area contributed by atoms with E-state index in [1.807, 2.05) is 6.07 Å². The number of anilines is 1. The molecule has 0 bridgehead atoms. The number of benzene rings is 2. The van der Waals surface area contributed by atoms with Crippen LogP contribution in [0, 0.1) is 0 Å². The first kappa shape index (κ1) is 13.7. The van der Waals surface area contributed by atoms with Gasteiger partial charge in [-0.25, -0.2) is 4.79 Å². The fourth-order valence-electron chi connectivity index (χ4n) is 1.55. The molecule has 0 spiro atoms. The Labute approximate surface area is 116 Å². The second kappa shape index (κ2) is 6.47. The molecule has 0 aromatic heterocycles. The number of carbonyl (C=O) groups excluding carboxylic acids is 1. The van der Waals surface area contributed by atoms with Gasteiger partial charge in [-0.05, 0) is 43.3 Å². The third-order valence-corrected chi connectivity index (χ3v) is 2.46. The van der Waals surface area contributed by atoms with Gasteiger partial charge in [0, 0.05) is 0 Å². The van der Waals surface area contributed by atoms with Crippen LogP contribution in [0.1, 0.15) is 6.92 Å². The Hall–Kier alpha value is -2.69. The lowest BCUT2D eigenvalue weighted by Crippen LogP contribution is -2.34. The third kappa shape index (κ3) is 3.41. The number of hydroxylamine groups is 1. The van der Waals surface area contributed by atoms with Gasteiger partial charge in [-0.1, -0.05) is 18.2 Å². The van der Waals surface area contributed by atoms with Gasteiger partial charge in [0.05, 0.1) is 12.3 Å². The highest BCUT2D eigenvalue weighted by atomic mass is 16.7. The van der Waals surface area contributed by atoms with Gasteiger partial charge in [0.2, 0.25) is 0 Å². The van der Waals surface area contributed by atoms with E-state index in [4.69, 9.17) is 9.57 Å². The van der Waals surface area contributed by atoms with Gasteiger partial charge in [-0.15, -0.1) is 5.06 Å². The van der Waals surface area contributed by atoms with E-state index in [2.05, 4.69) is 0 Å². The van der Waals surface area contributed by atoms with Crippen molar-refractivity contribution in [3.8, 4) is 11.5 Å². The molecular weight excluding hydrogens is 258 g/mol. The van der Waals surface area contributed by atoms with Gasteiger partial charge in [-0.3, -0.25) is 0 Å². The Morgan fingerprint density at radius 2 is 1.75 bits per heavy atom. The quantitative estimate of drug-likeness (QED) is 0.868. The van der Waals surface area contributed by atoms with Crippen molar-refractivity contribution >= 4 is 11.8 Å². The van der Waals surface area contributed by atoms with Crippen molar-refractivity contribution in [1.29, 1.82) is 0 Å². The van der Waals surface area contributed by atoms with E-state index in [1.165, 1.54) is 12.1 Å². The predicted molar refractivity (Wildman–Crippen MR) is 74.7 cm³/mol. The molecular formula is C15H15NO4. The summed E-state index contributed by atoms with van der Waals surface area (Å²) in [7, 11) is 0. The number of hydrogen-bond donors (Lipinski definition) is 1. The maximum atomic E-state index is 11.9. The molecule has 0 radical (unpaired) electrons. The van der Waals surface area contributed by atoms with Gasteiger partial charge in [0.25, 0.3) is 0 Å². The molecule has 5 heteroatoms. The second-order valence-electron chi connectivity index (χ2n) is 3.91. The van der Waals surface area contributed by atoms with E-state index in [0.717, 1.165) is 5.06 Å². The molecule has 2 rings (SSSR count). The molecule has 0 aliphatic rings. The first-order valence-electron chi connectivity index (χ1n) is 6.19. The van der Waals surface area contributed by atoms with Crippen LogP contribution in [0.5, 0.6) is 11.5 Å². The normalized spacial score (nSPS) is 9.85. The summed E-state index contributed by atoms with van der Waals surface area (Å²) in [6, 6.07) is 15.0. The van der Waals surface area contributed by atoms with Crippen LogP contribution in [0.15, 0.2) is 54.6 Å². The van der Waals surface area contributed by atoms with Crippen molar-refractivity contribution in [2.75, 3.05) is 11.7 Å². The van der Waals surface area contributed by atoms with Gasteiger partial charge >= 0.3 is 6.09 Å². The Bertz CT molecular complexity index is 554. The number of rotatable bonds is 4. The lowest BCUT2D eigenvalue weighted by Gasteiger charge is -2.21. The molecule has 0 atom stereocenters. The molecule has 104 valence electrons. The summed E-state index contributed by atoms with van der Waals surface area (Å²) in [6.45, 7) is 1.97. The molecule has 2 aromatic rings. The zero-order valence-electron chi connectivity index (χ0n) is 11.0. The zero-order valence-corrected chi connectivity index (χ0v) is 11.0. The number of phenolic OH excluding ortho intramolecular Hbond substituents is 1. The molecule has 0 heterocycles. The predicted octanol–water partition coefficient (Wildman–Crippen LogP) is 3.35.